The maximum Gasteiger partial charge on any atom is 0.257 e. The Hall–Kier alpha value is -2.15. The standard InChI is InChI=1S/C18H21BrFN3O2/c1-22(2)17-16(11-13(19)12-21-17)18(24)23(3)9-4-10-25-15-7-5-14(20)6-8-15/h5-8,11-12H,4,9-10H2,1-3H3. The lowest BCUT2D eigenvalue weighted by molar-refractivity contribution is 0.0788. The van der Waals surface area contributed by atoms with E-state index in [0.717, 1.165) is 4.47 Å². The number of nitrogens with zero attached hydrogens (tertiary/aromatic N) is 3. The first-order valence-corrected chi connectivity index (χ1v) is 8.64. The molecule has 0 saturated heterocycles. The topological polar surface area (TPSA) is 45.7 Å². The highest BCUT2D eigenvalue weighted by atomic mass is 79.9. The summed E-state index contributed by atoms with van der Waals surface area (Å²) in [5.74, 6) is 0.848. The Bertz CT molecular complexity index is 723. The van der Waals surface area contributed by atoms with Crippen molar-refractivity contribution in [3.63, 3.8) is 0 Å². The van der Waals surface area contributed by atoms with Gasteiger partial charge in [-0.25, -0.2) is 9.37 Å². The minimum absolute atomic E-state index is 0.0979. The average molecular weight is 410 g/mol. The second-order valence-electron chi connectivity index (χ2n) is 5.80. The van der Waals surface area contributed by atoms with Crippen LogP contribution >= 0.6 is 15.9 Å². The molecule has 1 aromatic heterocycles. The molecule has 0 unspecified atom stereocenters. The lowest BCUT2D eigenvalue weighted by Gasteiger charge is -2.21. The van der Waals surface area contributed by atoms with Crippen molar-refractivity contribution in [2.45, 2.75) is 6.42 Å². The first-order valence-electron chi connectivity index (χ1n) is 7.85. The minimum Gasteiger partial charge on any atom is -0.494 e. The second kappa shape index (κ2) is 8.80. The number of aromatic nitrogens is 1. The number of hydrogen-bond acceptors (Lipinski definition) is 4. The van der Waals surface area contributed by atoms with Crippen LogP contribution in [0, 0.1) is 5.82 Å². The van der Waals surface area contributed by atoms with Crippen molar-refractivity contribution in [1.82, 2.24) is 9.88 Å². The van der Waals surface area contributed by atoms with Gasteiger partial charge in [-0.05, 0) is 52.7 Å². The number of anilines is 1. The molecule has 1 aromatic carbocycles. The van der Waals surface area contributed by atoms with Crippen molar-refractivity contribution in [2.24, 2.45) is 0 Å². The van der Waals surface area contributed by atoms with Gasteiger partial charge in [0.15, 0.2) is 0 Å². The monoisotopic (exact) mass is 409 g/mol. The average Bonchev–Trinajstić information content (AvgIpc) is 2.59. The van der Waals surface area contributed by atoms with Crippen LogP contribution in [0.25, 0.3) is 0 Å². The molecular formula is C18H21BrFN3O2. The molecule has 1 heterocycles. The van der Waals surface area contributed by atoms with Crippen LogP contribution in [0.5, 0.6) is 5.75 Å². The number of pyridine rings is 1. The van der Waals surface area contributed by atoms with Crippen LogP contribution in [0.3, 0.4) is 0 Å². The molecule has 0 radical (unpaired) electrons. The Morgan fingerprint density at radius 1 is 1.24 bits per heavy atom. The molecule has 5 nitrogen and oxygen atoms in total. The van der Waals surface area contributed by atoms with E-state index in [1.165, 1.54) is 12.1 Å². The van der Waals surface area contributed by atoms with Crippen LogP contribution in [-0.2, 0) is 0 Å². The number of halogens is 2. The van der Waals surface area contributed by atoms with E-state index in [0.29, 0.717) is 36.7 Å². The molecule has 0 fully saturated rings. The van der Waals surface area contributed by atoms with Gasteiger partial charge in [0, 0.05) is 38.4 Å². The van der Waals surface area contributed by atoms with Crippen molar-refractivity contribution in [3.05, 3.63) is 52.4 Å². The fraction of sp³-hybridized carbons (Fsp3) is 0.333. The number of benzene rings is 1. The number of carbonyl (C=O) groups excluding carboxylic acids is 1. The van der Waals surface area contributed by atoms with Crippen molar-refractivity contribution in [3.8, 4) is 5.75 Å². The molecule has 0 bridgehead atoms. The number of amides is 1. The zero-order valence-electron chi connectivity index (χ0n) is 14.5. The summed E-state index contributed by atoms with van der Waals surface area (Å²) in [7, 11) is 5.45. The van der Waals surface area contributed by atoms with Gasteiger partial charge in [-0.15, -0.1) is 0 Å². The van der Waals surface area contributed by atoms with Gasteiger partial charge in [0.2, 0.25) is 0 Å². The quantitative estimate of drug-likeness (QED) is 0.655. The Balaban J connectivity index is 1.90. The third-order valence-corrected chi connectivity index (χ3v) is 3.99. The summed E-state index contributed by atoms with van der Waals surface area (Å²) < 4.78 is 19.1. The van der Waals surface area contributed by atoms with E-state index in [-0.39, 0.29) is 11.7 Å². The Morgan fingerprint density at radius 2 is 1.92 bits per heavy atom. The summed E-state index contributed by atoms with van der Waals surface area (Å²) in [6.45, 7) is 0.986. The van der Waals surface area contributed by atoms with Gasteiger partial charge in [-0.1, -0.05) is 0 Å². The van der Waals surface area contributed by atoms with E-state index in [1.54, 1.807) is 36.3 Å². The van der Waals surface area contributed by atoms with Gasteiger partial charge in [0.1, 0.15) is 17.4 Å². The van der Waals surface area contributed by atoms with Gasteiger partial charge < -0.3 is 14.5 Å². The molecule has 0 saturated carbocycles. The highest BCUT2D eigenvalue weighted by Crippen LogP contribution is 2.21. The zero-order chi connectivity index (χ0) is 18.4. The maximum atomic E-state index is 12.8. The molecule has 1 amide bonds. The summed E-state index contributed by atoms with van der Waals surface area (Å²) in [5, 5.41) is 0. The lowest BCUT2D eigenvalue weighted by atomic mass is 10.2. The SMILES string of the molecule is CN(CCCOc1ccc(F)cc1)C(=O)c1cc(Br)cnc1N(C)C. The van der Waals surface area contributed by atoms with Crippen LogP contribution in [-0.4, -0.2) is 50.1 Å². The van der Waals surface area contributed by atoms with E-state index in [2.05, 4.69) is 20.9 Å². The molecule has 0 spiro atoms. The van der Waals surface area contributed by atoms with E-state index in [9.17, 15) is 9.18 Å². The number of rotatable bonds is 7. The van der Waals surface area contributed by atoms with Gasteiger partial charge in [-0.3, -0.25) is 4.79 Å². The molecule has 0 aliphatic heterocycles. The van der Waals surface area contributed by atoms with Crippen molar-refractivity contribution >= 4 is 27.7 Å². The molecule has 0 aliphatic rings. The lowest BCUT2D eigenvalue weighted by Crippen LogP contribution is -2.30. The van der Waals surface area contributed by atoms with E-state index in [4.69, 9.17) is 4.74 Å². The number of ether oxygens (including phenoxy) is 1. The Kier molecular flexibility index (Phi) is 6.75. The van der Waals surface area contributed by atoms with E-state index in [1.807, 2.05) is 19.0 Å². The van der Waals surface area contributed by atoms with Crippen LogP contribution in [0.4, 0.5) is 10.2 Å². The van der Waals surface area contributed by atoms with Crippen molar-refractivity contribution in [2.75, 3.05) is 39.2 Å². The summed E-state index contributed by atoms with van der Waals surface area (Å²) in [6, 6.07) is 7.65. The molecule has 134 valence electrons. The van der Waals surface area contributed by atoms with Gasteiger partial charge in [0.05, 0.1) is 12.2 Å². The van der Waals surface area contributed by atoms with E-state index < -0.39 is 0 Å². The normalized spacial score (nSPS) is 10.4. The fourth-order valence-corrected chi connectivity index (χ4v) is 2.61. The van der Waals surface area contributed by atoms with E-state index >= 15 is 0 Å². The fourth-order valence-electron chi connectivity index (χ4n) is 2.28. The second-order valence-corrected chi connectivity index (χ2v) is 6.72. The zero-order valence-corrected chi connectivity index (χ0v) is 16.1. The smallest absolute Gasteiger partial charge is 0.257 e. The van der Waals surface area contributed by atoms with Crippen molar-refractivity contribution < 1.29 is 13.9 Å². The molecular weight excluding hydrogens is 389 g/mol. The molecule has 7 heteroatoms. The molecule has 25 heavy (non-hydrogen) atoms. The van der Waals surface area contributed by atoms with Gasteiger partial charge in [-0.2, -0.15) is 0 Å². The molecule has 0 atom stereocenters. The van der Waals surface area contributed by atoms with Crippen LogP contribution < -0.4 is 9.64 Å². The molecule has 0 N–H and O–H groups in total. The third kappa shape index (κ3) is 5.42. The minimum atomic E-state index is -0.294. The highest BCUT2D eigenvalue weighted by molar-refractivity contribution is 9.10. The molecule has 2 rings (SSSR count). The first kappa shape index (κ1) is 19.2. The highest BCUT2D eigenvalue weighted by Gasteiger charge is 2.18. The van der Waals surface area contributed by atoms with Gasteiger partial charge in [0.25, 0.3) is 5.91 Å². The number of hydrogen-bond donors (Lipinski definition) is 0. The number of carbonyl (C=O) groups is 1. The van der Waals surface area contributed by atoms with Crippen molar-refractivity contribution in [1.29, 1.82) is 0 Å². The third-order valence-electron chi connectivity index (χ3n) is 3.55. The molecule has 2 aromatic rings. The first-order chi connectivity index (χ1) is 11.9. The maximum absolute atomic E-state index is 12.8. The predicted octanol–water partition coefficient (Wildman–Crippen LogP) is 3.59. The Labute approximate surface area is 155 Å². The summed E-state index contributed by atoms with van der Waals surface area (Å²) in [6.07, 6.45) is 2.33. The van der Waals surface area contributed by atoms with Crippen LogP contribution in [0.1, 0.15) is 16.8 Å². The Morgan fingerprint density at radius 3 is 2.56 bits per heavy atom. The summed E-state index contributed by atoms with van der Waals surface area (Å²) in [5.41, 5.74) is 0.543. The molecule has 0 aliphatic carbocycles. The van der Waals surface area contributed by atoms with Gasteiger partial charge >= 0.3 is 0 Å². The summed E-state index contributed by atoms with van der Waals surface area (Å²) >= 11 is 3.36. The summed E-state index contributed by atoms with van der Waals surface area (Å²) in [4.78, 5) is 20.4. The largest absolute Gasteiger partial charge is 0.494 e. The predicted molar refractivity (Wildman–Crippen MR) is 99.7 cm³/mol. The van der Waals surface area contributed by atoms with Crippen LogP contribution in [0.2, 0.25) is 0 Å². The van der Waals surface area contributed by atoms with Crippen LogP contribution in [0.15, 0.2) is 41.0 Å².